The van der Waals surface area contributed by atoms with E-state index in [-0.39, 0.29) is 11.3 Å². The molecule has 4 aliphatic carbocycles. The van der Waals surface area contributed by atoms with Crippen LogP contribution in [0.3, 0.4) is 0 Å². The molecule has 1 aromatic heterocycles. The summed E-state index contributed by atoms with van der Waals surface area (Å²) in [4.78, 5) is 17.0. The molecule has 6 rings (SSSR count). The number of benzene rings is 1. The largest absolute Gasteiger partial charge is 0.325 e. The van der Waals surface area contributed by atoms with Crippen LogP contribution in [0.2, 0.25) is 5.02 Å². The highest BCUT2D eigenvalue weighted by atomic mass is 35.5. The van der Waals surface area contributed by atoms with E-state index in [1.807, 2.05) is 0 Å². The second-order valence-electron chi connectivity index (χ2n) is 8.51. The SMILES string of the molecule is O=C(CSc1n[nH]c(C23CC4CC(CC(C4)C2)C3)n1)Nc1ccc(Cl)cc1. The standard InChI is InChI=1S/C20H23ClN4OS/c21-15-1-3-16(4-2-15)22-17(26)11-27-19-23-18(24-25-19)20-8-12-5-13(9-20)7-14(6-12)10-20/h1-4,12-14H,5-11H2,(H,22,26)(H,23,24,25). The Bertz CT molecular complexity index is 815. The van der Waals surface area contributed by atoms with Crippen LogP contribution in [0.5, 0.6) is 0 Å². The van der Waals surface area contributed by atoms with E-state index in [0.29, 0.717) is 15.9 Å². The number of nitrogens with zero attached hydrogens (tertiary/aromatic N) is 2. The molecule has 27 heavy (non-hydrogen) atoms. The van der Waals surface area contributed by atoms with Crippen molar-refractivity contribution in [2.45, 2.75) is 49.1 Å². The number of carbonyl (C=O) groups is 1. The summed E-state index contributed by atoms with van der Waals surface area (Å²) in [5.74, 6) is 3.92. The minimum absolute atomic E-state index is 0.0662. The molecule has 1 heterocycles. The number of hydrogen-bond donors (Lipinski definition) is 2. The van der Waals surface area contributed by atoms with Crippen molar-refractivity contribution in [3.8, 4) is 0 Å². The Balaban J connectivity index is 1.21. The molecule has 2 aromatic rings. The molecule has 142 valence electrons. The Kier molecular flexibility index (Phi) is 4.43. The number of nitrogens with one attached hydrogen (secondary N) is 2. The van der Waals surface area contributed by atoms with Crippen molar-refractivity contribution in [1.82, 2.24) is 15.2 Å². The second kappa shape index (κ2) is 6.82. The van der Waals surface area contributed by atoms with Crippen molar-refractivity contribution >= 4 is 35.0 Å². The molecule has 2 N–H and O–H groups in total. The Labute approximate surface area is 168 Å². The highest BCUT2D eigenvalue weighted by Crippen LogP contribution is 2.60. The first kappa shape index (κ1) is 17.6. The number of aromatic nitrogens is 3. The van der Waals surface area contributed by atoms with Crippen molar-refractivity contribution in [3.63, 3.8) is 0 Å². The third kappa shape index (κ3) is 3.49. The van der Waals surface area contributed by atoms with E-state index in [1.165, 1.54) is 50.3 Å². The Hall–Kier alpha value is -1.53. The smallest absolute Gasteiger partial charge is 0.234 e. The van der Waals surface area contributed by atoms with Gasteiger partial charge in [-0.25, -0.2) is 4.98 Å². The van der Waals surface area contributed by atoms with Gasteiger partial charge in [-0.15, -0.1) is 5.10 Å². The van der Waals surface area contributed by atoms with E-state index in [9.17, 15) is 4.79 Å². The lowest BCUT2D eigenvalue weighted by atomic mass is 9.49. The number of rotatable bonds is 5. The Morgan fingerprint density at radius 1 is 1.15 bits per heavy atom. The fourth-order valence-corrected chi connectivity index (χ4v) is 6.53. The molecule has 0 radical (unpaired) electrons. The van der Waals surface area contributed by atoms with Crippen LogP contribution in [0.4, 0.5) is 5.69 Å². The zero-order valence-electron chi connectivity index (χ0n) is 15.1. The van der Waals surface area contributed by atoms with Crippen LogP contribution in [0.25, 0.3) is 0 Å². The number of carbonyl (C=O) groups excluding carboxylic acids is 1. The lowest BCUT2D eigenvalue weighted by Crippen LogP contribution is -2.49. The molecule has 7 heteroatoms. The van der Waals surface area contributed by atoms with Gasteiger partial charge < -0.3 is 5.32 Å². The van der Waals surface area contributed by atoms with Gasteiger partial charge in [0.1, 0.15) is 5.82 Å². The molecule has 1 aromatic carbocycles. The van der Waals surface area contributed by atoms with Crippen LogP contribution in [-0.2, 0) is 10.2 Å². The molecule has 0 unspecified atom stereocenters. The average molecular weight is 403 g/mol. The first-order chi connectivity index (χ1) is 13.1. The summed E-state index contributed by atoms with van der Waals surface area (Å²) in [6.07, 6.45) is 8.03. The molecule has 0 atom stereocenters. The van der Waals surface area contributed by atoms with Gasteiger partial charge in [0.25, 0.3) is 0 Å². The maximum Gasteiger partial charge on any atom is 0.234 e. The van der Waals surface area contributed by atoms with E-state index in [4.69, 9.17) is 16.6 Å². The first-order valence-corrected chi connectivity index (χ1v) is 11.1. The van der Waals surface area contributed by atoms with Crippen LogP contribution in [0, 0.1) is 17.8 Å². The van der Waals surface area contributed by atoms with Crippen molar-refractivity contribution in [1.29, 1.82) is 0 Å². The lowest BCUT2D eigenvalue weighted by molar-refractivity contribution is -0.113. The zero-order valence-corrected chi connectivity index (χ0v) is 16.7. The quantitative estimate of drug-likeness (QED) is 0.713. The number of halogens is 1. The molecule has 1 amide bonds. The topological polar surface area (TPSA) is 70.7 Å². The molecule has 4 aliphatic rings. The molecule has 0 saturated heterocycles. The third-order valence-corrected chi connectivity index (χ3v) is 7.57. The summed E-state index contributed by atoms with van der Waals surface area (Å²) in [6.45, 7) is 0. The van der Waals surface area contributed by atoms with Crippen molar-refractivity contribution in [2.24, 2.45) is 17.8 Å². The fourth-order valence-electron chi connectivity index (χ4n) is 5.81. The Morgan fingerprint density at radius 2 is 1.78 bits per heavy atom. The first-order valence-electron chi connectivity index (χ1n) is 9.69. The minimum atomic E-state index is -0.0662. The molecule has 4 bridgehead atoms. The van der Waals surface area contributed by atoms with E-state index < -0.39 is 0 Å². The highest BCUT2D eigenvalue weighted by Gasteiger charge is 2.53. The normalized spacial score (nSPS) is 31.2. The number of anilines is 1. The van der Waals surface area contributed by atoms with Gasteiger partial charge >= 0.3 is 0 Å². The summed E-state index contributed by atoms with van der Waals surface area (Å²) in [5, 5.41) is 11.8. The summed E-state index contributed by atoms with van der Waals surface area (Å²) >= 11 is 7.25. The second-order valence-corrected chi connectivity index (χ2v) is 9.89. The Morgan fingerprint density at radius 3 is 2.41 bits per heavy atom. The van der Waals surface area contributed by atoms with Gasteiger partial charge in [-0.3, -0.25) is 9.89 Å². The molecular weight excluding hydrogens is 380 g/mol. The van der Waals surface area contributed by atoms with Crippen LogP contribution >= 0.6 is 23.4 Å². The summed E-state index contributed by atoms with van der Waals surface area (Å²) < 4.78 is 0. The molecule has 4 fully saturated rings. The van der Waals surface area contributed by atoms with Gasteiger partial charge in [0.15, 0.2) is 0 Å². The number of H-pyrrole nitrogens is 1. The summed E-state index contributed by atoms with van der Waals surface area (Å²) in [7, 11) is 0. The molecular formula is C20H23ClN4OS. The van der Waals surface area contributed by atoms with Gasteiger partial charge in [-0.2, -0.15) is 0 Å². The van der Waals surface area contributed by atoms with Crippen molar-refractivity contribution in [3.05, 3.63) is 35.1 Å². The molecule has 5 nitrogen and oxygen atoms in total. The average Bonchev–Trinajstić information content (AvgIpc) is 3.11. The van der Waals surface area contributed by atoms with Crippen molar-refractivity contribution < 1.29 is 4.79 Å². The van der Waals surface area contributed by atoms with Gasteiger partial charge in [0.2, 0.25) is 11.1 Å². The number of aromatic amines is 1. The van der Waals surface area contributed by atoms with Crippen LogP contribution in [0.1, 0.15) is 44.3 Å². The lowest BCUT2D eigenvalue weighted by Gasteiger charge is -2.55. The van der Waals surface area contributed by atoms with E-state index >= 15 is 0 Å². The van der Waals surface area contributed by atoms with Crippen LogP contribution in [-0.4, -0.2) is 26.8 Å². The molecule has 4 saturated carbocycles. The van der Waals surface area contributed by atoms with Crippen molar-refractivity contribution in [2.75, 3.05) is 11.1 Å². The number of amides is 1. The third-order valence-electron chi connectivity index (χ3n) is 6.47. The van der Waals surface area contributed by atoms with Gasteiger partial charge in [-0.05, 0) is 80.5 Å². The summed E-state index contributed by atoms with van der Waals surface area (Å²) in [5.41, 5.74) is 0.959. The zero-order chi connectivity index (χ0) is 18.4. The van der Waals surface area contributed by atoms with E-state index in [2.05, 4.69) is 15.5 Å². The fraction of sp³-hybridized carbons (Fsp3) is 0.550. The maximum atomic E-state index is 12.2. The predicted octanol–water partition coefficient (Wildman–Crippen LogP) is 4.66. The van der Waals surface area contributed by atoms with Gasteiger partial charge in [0, 0.05) is 16.1 Å². The predicted molar refractivity (Wildman–Crippen MR) is 107 cm³/mol. The monoisotopic (exact) mass is 402 g/mol. The van der Waals surface area contributed by atoms with Gasteiger partial charge in [0.05, 0.1) is 5.75 Å². The molecule has 0 spiro atoms. The van der Waals surface area contributed by atoms with Gasteiger partial charge in [-0.1, -0.05) is 23.4 Å². The van der Waals surface area contributed by atoms with Crippen LogP contribution in [0.15, 0.2) is 29.4 Å². The maximum absolute atomic E-state index is 12.2. The number of thioether (sulfide) groups is 1. The molecule has 0 aliphatic heterocycles. The summed E-state index contributed by atoms with van der Waals surface area (Å²) in [6, 6.07) is 7.11. The minimum Gasteiger partial charge on any atom is -0.325 e. The van der Waals surface area contributed by atoms with E-state index in [0.717, 1.165) is 29.3 Å². The highest BCUT2D eigenvalue weighted by molar-refractivity contribution is 7.99. The van der Waals surface area contributed by atoms with E-state index in [1.54, 1.807) is 24.3 Å². The van der Waals surface area contributed by atoms with Crippen LogP contribution < -0.4 is 5.32 Å². The number of hydrogen-bond acceptors (Lipinski definition) is 4.